The Labute approximate surface area is 66.6 Å². The minimum Gasteiger partial charge on any atom is -0.267 e. The Hall–Kier alpha value is 0.0500. The van der Waals surface area contributed by atoms with Crippen molar-refractivity contribution >= 4 is 11.1 Å². The first-order valence-electron chi connectivity index (χ1n) is 3.95. The van der Waals surface area contributed by atoms with E-state index in [0.717, 1.165) is 0 Å². The average molecular weight is 159 g/mol. The molecule has 1 rings (SSSR count). The van der Waals surface area contributed by atoms with Crippen molar-refractivity contribution in [3.8, 4) is 0 Å². The van der Waals surface area contributed by atoms with Crippen LogP contribution in [0.5, 0.6) is 0 Å². The molecule has 0 aliphatic carbocycles. The molecule has 0 aromatic carbocycles. The minimum absolute atomic E-state index is 0.000710. The van der Waals surface area contributed by atoms with Crippen molar-refractivity contribution in [1.29, 1.82) is 0 Å². The molecule has 1 heterocycles. The highest BCUT2D eigenvalue weighted by atomic mass is 32.2. The van der Waals surface area contributed by atoms with E-state index in [-0.39, 0.29) is 11.1 Å². The van der Waals surface area contributed by atoms with E-state index in [1.54, 1.807) is 0 Å². The molecule has 0 N–H and O–H groups in total. The van der Waals surface area contributed by atoms with Crippen molar-refractivity contribution < 1.29 is 0 Å². The van der Waals surface area contributed by atoms with Gasteiger partial charge in [-0.2, -0.15) is 11.1 Å². The smallest absolute Gasteiger partial charge is 0.00747 e. The van der Waals surface area contributed by atoms with Crippen LogP contribution in [-0.4, -0.2) is 23.7 Å². The summed E-state index contributed by atoms with van der Waals surface area (Å²) >= 11 is 0.000710. The molecule has 1 aliphatic rings. The van der Waals surface area contributed by atoms with Gasteiger partial charge in [-0.25, -0.2) is 0 Å². The van der Waals surface area contributed by atoms with Gasteiger partial charge in [0, 0.05) is 13.1 Å². The zero-order chi connectivity index (χ0) is 7.40. The summed E-state index contributed by atoms with van der Waals surface area (Å²) in [6.45, 7) is 6.42. The van der Waals surface area contributed by atoms with E-state index in [1.807, 2.05) is 0 Å². The second kappa shape index (κ2) is 4.04. The summed E-state index contributed by atoms with van der Waals surface area (Å²) in [5.41, 5.74) is 0. The predicted octanol–water partition coefficient (Wildman–Crippen LogP) is 2.16. The molecule has 1 atom stereocenters. The molecule has 1 unspecified atom stereocenters. The van der Waals surface area contributed by atoms with Gasteiger partial charge >= 0.3 is 0 Å². The molecular formula is C8H17NS. The summed E-state index contributed by atoms with van der Waals surface area (Å²) in [4.78, 5) is 0. The molecule has 1 saturated heterocycles. The fourth-order valence-electron chi connectivity index (χ4n) is 1.31. The topological polar surface area (TPSA) is 3.24 Å². The van der Waals surface area contributed by atoms with Crippen LogP contribution in [-0.2, 0) is 0 Å². The molecule has 0 amide bonds. The fraction of sp³-hybridized carbons (Fsp3) is 0.750. The van der Waals surface area contributed by atoms with Gasteiger partial charge in [0.15, 0.2) is 0 Å². The van der Waals surface area contributed by atoms with Crippen LogP contribution in [0.4, 0.5) is 0 Å². The van der Waals surface area contributed by atoms with E-state index in [4.69, 9.17) is 0 Å². The molecular weight excluding hydrogens is 142 g/mol. The second-order valence-electron chi connectivity index (χ2n) is 2.77. The van der Waals surface area contributed by atoms with E-state index >= 15 is 0 Å². The molecule has 2 heteroatoms. The maximum Gasteiger partial charge on any atom is 0.00747 e. The molecule has 0 aromatic heterocycles. The molecule has 0 bridgehead atoms. The summed E-state index contributed by atoms with van der Waals surface area (Å²) in [7, 11) is 0. The Morgan fingerprint density at radius 1 is 1.30 bits per heavy atom. The van der Waals surface area contributed by atoms with Gasteiger partial charge in [0.1, 0.15) is 0 Å². The molecule has 0 saturated carbocycles. The van der Waals surface area contributed by atoms with E-state index < -0.39 is 0 Å². The number of rotatable bonds is 2. The first-order valence-corrected chi connectivity index (χ1v) is 5.76. The summed E-state index contributed by atoms with van der Waals surface area (Å²) in [6.07, 6.45) is 6.49. The van der Waals surface area contributed by atoms with Crippen molar-refractivity contribution in [3.63, 3.8) is 0 Å². The summed E-state index contributed by atoms with van der Waals surface area (Å²) < 4.78 is 2.56. The van der Waals surface area contributed by atoms with Crippen molar-refractivity contribution in [1.82, 2.24) is 4.31 Å². The summed E-state index contributed by atoms with van der Waals surface area (Å²) in [5.74, 6) is 0. The third kappa shape index (κ3) is 2.03. The molecule has 60 valence electrons. The lowest BCUT2D eigenvalue weighted by atomic mass is 10.2. The number of hydrogen-bond acceptors (Lipinski definition) is 1. The van der Waals surface area contributed by atoms with Crippen LogP contribution in [0.25, 0.3) is 0 Å². The van der Waals surface area contributed by atoms with Gasteiger partial charge in [-0.05, 0) is 24.5 Å². The summed E-state index contributed by atoms with van der Waals surface area (Å²) in [6, 6.07) is 0. The van der Waals surface area contributed by atoms with E-state index in [1.165, 1.54) is 32.4 Å². The highest BCUT2D eigenvalue weighted by molar-refractivity contribution is 8.16. The van der Waals surface area contributed by atoms with Gasteiger partial charge in [-0.1, -0.05) is 13.0 Å². The maximum atomic E-state index is 3.82. The normalized spacial score (nSPS) is 25.9. The van der Waals surface area contributed by atoms with E-state index in [2.05, 4.69) is 22.5 Å². The maximum absolute atomic E-state index is 3.82. The van der Waals surface area contributed by atoms with Crippen molar-refractivity contribution in [2.24, 2.45) is 0 Å². The second-order valence-corrected chi connectivity index (χ2v) is 4.85. The van der Waals surface area contributed by atoms with Crippen LogP contribution in [0.1, 0.15) is 19.3 Å². The Morgan fingerprint density at radius 2 is 1.90 bits per heavy atom. The molecule has 0 spiro atoms. The lowest BCUT2D eigenvalue weighted by Crippen LogP contribution is -2.25. The zero-order valence-corrected chi connectivity index (χ0v) is 7.61. The Bertz CT molecular complexity index is 108. The van der Waals surface area contributed by atoms with Crippen LogP contribution in [0.3, 0.4) is 0 Å². The van der Waals surface area contributed by atoms with Crippen LogP contribution >= 0.6 is 11.1 Å². The van der Waals surface area contributed by atoms with Gasteiger partial charge in [0.2, 0.25) is 0 Å². The Balaban J connectivity index is 2.30. The van der Waals surface area contributed by atoms with Gasteiger partial charge in [0.05, 0.1) is 0 Å². The molecule has 0 aromatic rings. The first-order chi connectivity index (χ1) is 4.84. The van der Waals surface area contributed by atoms with Crippen LogP contribution < -0.4 is 0 Å². The molecule has 1 aliphatic heterocycles. The van der Waals surface area contributed by atoms with Crippen LogP contribution in [0.2, 0.25) is 0 Å². The third-order valence-electron chi connectivity index (χ3n) is 2.04. The largest absolute Gasteiger partial charge is 0.267 e. The SMILES string of the molecule is C=C[SH](C)N1CCCCC1. The number of hydrogen-bond donors (Lipinski definition) is 1. The lowest BCUT2D eigenvalue weighted by molar-refractivity contribution is 0.379. The summed E-state index contributed by atoms with van der Waals surface area (Å²) in [5, 5.41) is 2.10. The molecule has 10 heavy (non-hydrogen) atoms. The van der Waals surface area contributed by atoms with Gasteiger partial charge in [-0.15, -0.1) is 0 Å². The zero-order valence-electron chi connectivity index (χ0n) is 6.71. The van der Waals surface area contributed by atoms with Crippen molar-refractivity contribution in [2.75, 3.05) is 19.3 Å². The first kappa shape index (κ1) is 8.15. The van der Waals surface area contributed by atoms with Crippen molar-refractivity contribution in [2.45, 2.75) is 19.3 Å². The average Bonchev–Trinajstić information content (AvgIpc) is 2.05. The number of piperidine rings is 1. The van der Waals surface area contributed by atoms with Gasteiger partial charge in [0.25, 0.3) is 0 Å². The fourth-order valence-corrected chi connectivity index (χ4v) is 2.45. The Morgan fingerprint density at radius 3 is 2.40 bits per heavy atom. The molecule has 0 radical (unpaired) electrons. The predicted molar refractivity (Wildman–Crippen MR) is 50.5 cm³/mol. The van der Waals surface area contributed by atoms with Crippen LogP contribution in [0.15, 0.2) is 12.0 Å². The highest BCUT2D eigenvalue weighted by Gasteiger charge is 2.10. The van der Waals surface area contributed by atoms with Gasteiger partial charge in [-0.3, -0.25) is 4.31 Å². The minimum atomic E-state index is 0.000710. The lowest BCUT2D eigenvalue weighted by Gasteiger charge is -2.32. The van der Waals surface area contributed by atoms with Gasteiger partial charge < -0.3 is 0 Å². The van der Waals surface area contributed by atoms with Crippen molar-refractivity contribution in [3.05, 3.63) is 12.0 Å². The molecule has 1 fully saturated rings. The highest BCUT2D eigenvalue weighted by Crippen LogP contribution is 2.29. The monoisotopic (exact) mass is 159 g/mol. The number of thiol groups is 1. The number of nitrogens with zero attached hydrogens (tertiary/aromatic N) is 1. The standard InChI is InChI=1S/C8H17NS/c1-3-10(2)9-7-5-4-6-8-9/h3,10H,1,4-8H2,2H3. The van der Waals surface area contributed by atoms with Crippen LogP contribution in [0, 0.1) is 0 Å². The van der Waals surface area contributed by atoms with E-state index in [9.17, 15) is 0 Å². The molecule has 1 nitrogen and oxygen atoms in total. The third-order valence-corrected chi connectivity index (χ3v) is 3.86. The Kier molecular flexibility index (Phi) is 3.29. The van der Waals surface area contributed by atoms with E-state index in [0.29, 0.717) is 0 Å². The quantitative estimate of drug-likeness (QED) is 0.604.